The van der Waals surface area contributed by atoms with Crippen molar-refractivity contribution in [3.8, 4) is 11.4 Å². The Kier molecular flexibility index (Phi) is 1.41. The van der Waals surface area contributed by atoms with Crippen LogP contribution in [0.15, 0.2) is 30.5 Å². The van der Waals surface area contributed by atoms with Crippen LogP contribution in [0.4, 0.5) is 0 Å². The zero-order valence-electron chi connectivity index (χ0n) is 15.3. The van der Waals surface area contributed by atoms with Gasteiger partial charge in [-0.3, -0.25) is 0 Å². The normalized spacial score (nSPS) is 17.6. The van der Waals surface area contributed by atoms with Crippen LogP contribution in [0.2, 0.25) is 0 Å². The largest absolute Gasteiger partial charge is 0.330 e. The highest BCUT2D eigenvalue weighted by Crippen LogP contribution is 2.18. The standard InChI is InChI=1S/C14H17N2/c1-10-7-5-6-8-13(10)14-15-12(3)11(2)9-16(14)4/h5-9H,1-4H3/q+1/i2D3,3D3. The van der Waals surface area contributed by atoms with E-state index in [0.717, 1.165) is 11.1 Å². The maximum absolute atomic E-state index is 7.59. The van der Waals surface area contributed by atoms with Gasteiger partial charge < -0.3 is 0 Å². The third kappa shape index (κ3) is 1.83. The first kappa shape index (κ1) is 5.58. The summed E-state index contributed by atoms with van der Waals surface area (Å²) in [6, 6.07) is 7.43. The molecule has 1 heterocycles. The lowest BCUT2D eigenvalue weighted by molar-refractivity contribution is -0.663. The van der Waals surface area contributed by atoms with Gasteiger partial charge in [-0.25, -0.2) is 4.57 Å². The van der Waals surface area contributed by atoms with Crippen molar-refractivity contribution in [1.29, 1.82) is 0 Å². The molecule has 2 nitrogen and oxygen atoms in total. The van der Waals surface area contributed by atoms with E-state index in [2.05, 4.69) is 4.98 Å². The molecule has 0 amide bonds. The molecular formula is C14H17N2+. The van der Waals surface area contributed by atoms with E-state index in [4.69, 9.17) is 8.22 Å². The molecule has 0 aliphatic carbocycles. The molecule has 0 unspecified atom stereocenters. The molecule has 0 saturated carbocycles. The fraction of sp³-hybridized carbons (Fsp3) is 0.286. The molecule has 0 N–H and O–H groups in total. The van der Waals surface area contributed by atoms with Crippen molar-refractivity contribution in [3.63, 3.8) is 0 Å². The Morgan fingerprint density at radius 3 is 2.69 bits per heavy atom. The molecule has 0 bridgehead atoms. The molecule has 0 saturated heterocycles. The van der Waals surface area contributed by atoms with Crippen LogP contribution in [0.1, 0.15) is 25.0 Å². The van der Waals surface area contributed by atoms with Gasteiger partial charge in [0.2, 0.25) is 0 Å². The second kappa shape index (κ2) is 4.05. The minimum absolute atomic E-state index is 0.243. The summed E-state index contributed by atoms with van der Waals surface area (Å²) in [7, 11) is 1.66. The first-order valence-corrected chi connectivity index (χ1v) is 4.99. The Hall–Kier alpha value is -1.70. The highest BCUT2D eigenvalue weighted by molar-refractivity contribution is 5.57. The average molecular weight is 219 g/mol. The molecule has 1 aromatic carbocycles. The number of hydrogen-bond donors (Lipinski definition) is 0. The lowest BCUT2D eigenvalue weighted by atomic mass is 10.1. The number of rotatable bonds is 1. The third-order valence-electron chi connectivity index (χ3n) is 2.52. The number of aromatic nitrogens is 2. The summed E-state index contributed by atoms with van der Waals surface area (Å²) >= 11 is 0. The van der Waals surface area contributed by atoms with Crippen molar-refractivity contribution in [2.75, 3.05) is 0 Å². The maximum Gasteiger partial charge on any atom is 0.330 e. The fourth-order valence-corrected chi connectivity index (χ4v) is 1.63. The lowest BCUT2D eigenvalue weighted by Gasteiger charge is -2.04. The summed E-state index contributed by atoms with van der Waals surface area (Å²) in [6.07, 6.45) is 1.34. The Labute approximate surface area is 105 Å². The Morgan fingerprint density at radius 2 is 2.00 bits per heavy atom. The zero-order valence-corrected chi connectivity index (χ0v) is 9.28. The van der Waals surface area contributed by atoms with Crippen LogP contribution < -0.4 is 4.57 Å². The summed E-state index contributed by atoms with van der Waals surface area (Å²) in [5.41, 5.74) is 1.09. The molecule has 1 aromatic heterocycles. The molecule has 2 heteroatoms. The van der Waals surface area contributed by atoms with Crippen LogP contribution in [-0.4, -0.2) is 4.98 Å². The molecule has 0 radical (unpaired) electrons. The topological polar surface area (TPSA) is 16.8 Å². The van der Waals surface area contributed by atoms with Crippen LogP contribution >= 0.6 is 0 Å². The first-order chi connectivity index (χ1) is 10.0. The molecule has 0 aliphatic rings. The molecular weight excluding hydrogens is 196 g/mol. The zero-order chi connectivity index (χ0) is 16.7. The molecule has 2 aromatic rings. The Bertz CT molecular complexity index is 703. The second-order valence-electron chi connectivity index (χ2n) is 3.75. The molecule has 0 aliphatic heterocycles. The van der Waals surface area contributed by atoms with Crippen LogP contribution in [0.5, 0.6) is 0 Å². The van der Waals surface area contributed by atoms with E-state index in [0.29, 0.717) is 5.82 Å². The summed E-state index contributed by atoms with van der Waals surface area (Å²) in [5.74, 6) is 0.428. The summed E-state index contributed by atoms with van der Waals surface area (Å²) < 4.78 is 46.9. The van der Waals surface area contributed by atoms with E-state index in [1.807, 2.05) is 31.2 Å². The van der Waals surface area contributed by atoms with Gasteiger partial charge in [-0.15, -0.1) is 0 Å². The Morgan fingerprint density at radius 1 is 1.19 bits per heavy atom. The summed E-state index contributed by atoms with van der Waals surface area (Å²) in [6.45, 7) is -3.22. The van der Waals surface area contributed by atoms with Gasteiger partial charge in [-0.05, 0) is 30.4 Å². The van der Waals surface area contributed by atoms with Gasteiger partial charge >= 0.3 is 5.82 Å². The van der Waals surface area contributed by atoms with Crippen LogP contribution in [-0.2, 0) is 7.05 Å². The molecule has 82 valence electrons. The number of aryl methyl sites for hydroxylation is 4. The van der Waals surface area contributed by atoms with Crippen molar-refractivity contribution in [2.24, 2.45) is 7.05 Å². The molecule has 0 atom stereocenters. The van der Waals surface area contributed by atoms with Gasteiger partial charge in [0.25, 0.3) is 0 Å². The van der Waals surface area contributed by atoms with E-state index in [-0.39, 0.29) is 11.3 Å². The van der Waals surface area contributed by atoms with Crippen LogP contribution in [0.25, 0.3) is 11.4 Å². The van der Waals surface area contributed by atoms with Crippen molar-refractivity contribution in [2.45, 2.75) is 20.6 Å². The van der Waals surface area contributed by atoms with Gasteiger partial charge in [0.1, 0.15) is 0 Å². The molecule has 0 fully saturated rings. The fourth-order valence-electron chi connectivity index (χ4n) is 1.63. The SMILES string of the molecule is [2H]C([2H])([2H])c1c[n+](C)c(-c2ccccc2C)nc1C([2H])([2H])[2H]. The maximum atomic E-state index is 7.59. The van der Waals surface area contributed by atoms with Crippen molar-refractivity contribution < 1.29 is 12.8 Å². The van der Waals surface area contributed by atoms with E-state index in [1.165, 1.54) is 6.20 Å². The van der Waals surface area contributed by atoms with Gasteiger partial charge in [-0.2, -0.15) is 0 Å². The average Bonchev–Trinajstić information content (AvgIpc) is 2.37. The molecule has 16 heavy (non-hydrogen) atoms. The number of nitrogens with zero attached hydrogens (tertiary/aromatic N) is 2. The van der Waals surface area contributed by atoms with E-state index >= 15 is 0 Å². The van der Waals surface area contributed by atoms with Crippen LogP contribution in [0.3, 0.4) is 0 Å². The predicted octanol–water partition coefficient (Wildman–Crippen LogP) is 2.50. The van der Waals surface area contributed by atoms with Gasteiger partial charge in [-0.1, -0.05) is 18.2 Å². The molecule has 2 rings (SSSR count). The van der Waals surface area contributed by atoms with Crippen LogP contribution in [0, 0.1) is 20.6 Å². The Balaban J connectivity index is 2.77. The predicted molar refractivity (Wildman–Crippen MR) is 65.1 cm³/mol. The first-order valence-electron chi connectivity index (χ1n) is 7.99. The van der Waals surface area contributed by atoms with Gasteiger partial charge in [0.05, 0.1) is 18.8 Å². The number of hydrogen-bond acceptors (Lipinski definition) is 1. The number of benzene rings is 1. The minimum Gasteiger partial charge on any atom is -0.233 e. The highest BCUT2D eigenvalue weighted by Gasteiger charge is 2.16. The van der Waals surface area contributed by atoms with Crippen molar-refractivity contribution in [3.05, 3.63) is 47.3 Å². The third-order valence-corrected chi connectivity index (χ3v) is 2.52. The quantitative estimate of drug-likeness (QED) is 0.673. The molecule has 0 spiro atoms. The lowest BCUT2D eigenvalue weighted by Crippen LogP contribution is -2.33. The second-order valence-corrected chi connectivity index (χ2v) is 3.75. The minimum atomic E-state index is -2.59. The van der Waals surface area contributed by atoms with E-state index in [1.54, 1.807) is 11.6 Å². The van der Waals surface area contributed by atoms with E-state index in [9.17, 15) is 0 Å². The van der Waals surface area contributed by atoms with Gasteiger partial charge in [0, 0.05) is 20.6 Å². The smallest absolute Gasteiger partial charge is 0.233 e. The van der Waals surface area contributed by atoms with Gasteiger partial charge in [0.15, 0.2) is 5.69 Å². The van der Waals surface area contributed by atoms with Crippen molar-refractivity contribution in [1.82, 2.24) is 4.98 Å². The highest BCUT2D eigenvalue weighted by atomic mass is 15.0. The van der Waals surface area contributed by atoms with Crippen molar-refractivity contribution >= 4 is 0 Å². The van der Waals surface area contributed by atoms with E-state index < -0.39 is 13.7 Å². The summed E-state index contributed by atoms with van der Waals surface area (Å²) in [4.78, 5) is 4.18. The monoisotopic (exact) mass is 219 g/mol. The summed E-state index contributed by atoms with van der Waals surface area (Å²) in [5, 5.41) is 0.